The van der Waals surface area contributed by atoms with Crippen LogP contribution >= 0.6 is 0 Å². The minimum absolute atomic E-state index is 0.254. The molecule has 1 aromatic heterocycles. The van der Waals surface area contributed by atoms with Crippen molar-refractivity contribution in [1.82, 2.24) is 9.97 Å². The summed E-state index contributed by atoms with van der Waals surface area (Å²) in [6.45, 7) is 6.58. The number of ether oxygens (including phenoxy) is 1. The van der Waals surface area contributed by atoms with Crippen LogP contribution in [0.1, 0.15) is 50.0 Å². The third kappa shape index (κ3) is 2.92. The fourth-order valence-corrected chi connectivity index (χ4v) is 2.86. The van der Waals surface area contributed by atoms with E-state index in [4.69, 9.17) is 0 Å². The van der Waals surface area contributed by atoms with E-state index in [1.807, 2.05) is 0 Å². The summed E-state index contributed by atoms with van der Waals surface area (Å²) in [6.07, 6.45) is 8.02. The summed E-state index contributed by atoms with van der Waals surface area (Å²) in [5.41, 5.74) is 0.750. The Morgan fingerprint density at radius 2 is 1.90 bits per heavy atom. The highest BCUT2D eigenvalue weighted by molar-refractivity contribution is 5.86. The summed E-state index contributed by atoms with van der Waals surface area (Å²) in [5.74, 6) is 0.400. The third-order valence-electron chi connectivity index (χ3n) is 4.68. The number of hydrogen-bond acceptors (Lipinski definition) is 5. The number of rotatable bonds is 4. The van der Waals surface area contributed by atoms with Gasteiger partial charge < -0.3 is 9.64 Å². The van der Waals surface area contributed by atoms with Gasteiger partial charge >= 0.3 is 5.97 Å². The van der Waals surface area contributed by atoms with Crippen LogP contribution in [0.2, 0.25) is 0 Å². The largest absolute Gasteiger partial charge is 0.464 e. The van der Waals surface area contributed by atoms with E-state index in [1.165, 1.54) is 39.0 Å². The van der Waals surface area contributed by atoms with Gasteiger partial charge in [0.15, 0.2) is 5.69 Å². The number of methoxy groups -OCH3 is 1. The SMILES string of the molecule is CCC1(CC)CCN(c2cnc(C(=O)OC)cn2)CC1. The Morgan fingerprint density at radius 3 is 2.35 bits per heavy atom. The van der Waals surface area contributed by atoms with Crippen LogP contribution in [-0.2, 0) is 4.74 Å². The fraction of sp³-hybridized carbons (Fsp3) is 0.667. The molecule has 1 fully saturated rings. The van der Waals surface area contributed by atoms with E-state index in [0.29, 0.717) is 5.41 Å². The highest BCUT2D eigenvalue weighted by Gasteiger charge is 2.31. The molecule has 0 aliphatic carbocycles. The molecule has 110 valence electrons. The van der Waals surface area contributed by atoms with Crippen molar-refractivity contribution in [2.75, 3.05) is 25.1 Å². The molecular weight excluding hydrogens is 254 g/mol. The van der Waals surface area contributed by atoms with Gasteiger partial charge in [0.1, 0.15) is 5.82 Å². The predicted molar refractivity (Wildman–Crippen MR) is 77.8 cm³/mol. The molecule has 0 saturated carbocycles. The minimum Gasteiger partial charge on any atom is -0.464 e. The van der Waals surface area contributed by atoms with Gasteiger partial charge in [-0.2, -0.15) is 0 Å². The first kappa shape index (κ1) is 14.8. The van der Waals surface area contributed by atoms with E-state index in [2.05, 4.69) is 33.5 Å². The highest BCUT2D eigenvalue weighted by Crippen LogP contribution is 2.38. The second-order valence-electron chi connectivity index (χ2n) is 5.45. The number of aromatic nitrogens is 2. The molecule has 5 nitrogen and oxygen atoms in total. The van der Waals surface area contributed by atoms with Crippen molar-refractivity contribution in [1.29, 1.82) is 0 Å². The van der Waals surface area contributed by atoms with Gasteiger partial charge in [-0.25, -0.2) is 14.8 Å². The number of carbonyl (C=O) groups excluding carboxylic acids is 1. The van der Waals surface area contributed by atoms with Gasteiger partial charge in [0.25, 0.3) is 0 Å². The van der Waals surface area contributed by atoms with Crippen LogP contribution in [0, 0.1) is 5.41 Å². The molecule has 0 bridgehead atoms. The van der Waals surface area contributed by atoms with Gasteiger partial charge in [-0.1, -0.05) is 26.7 Å². The Bertz CT molecular complexity index is 445. The molecular formula is C15H23N3O2. The van der Waals surface area contributed by atoms with E-state index >= 15 is 0 Å². The van der Waals surface area contributed by atoms with Gasteiger partial charge in [-0.05, 0) is 18.3 Å². The average molecular weight is 277 g/mol. The van der Waals surface area contributed by atoms with Crippen LogP contribution in [0.25, 0.3) is 0 Å². The molecule has 0 amide bonds. The molecule has 0 unspecified atom stereocenters. The summed E-state index contributed by atoms with van der Waals surface area (Å²) in [4.78, 5) is 22.0. The van der Waals surface area contributed by atoms with Crippen molar-refractivity contribution in [2.24, 2.45) is 5.41 Å². The number of carbonyl (C=O) groups is 1. The monoisotopic (exact) mass is 277 g/mol. The Balaban J connectivity index is 2.02. The number of piperidine rings is 1. The summed E-state index contributed by atoms with van der Waals surface area (Å²) in [7, 11) is 1.34. The number of nitrogens with zero attached hydrogens (tertiary/aromatic N) is 3. The van der Waals surface area contributed by atoms with Crippen LogP contribution in [-0.4, -0.2) is 36.1 Å². The van der Waals surface area contributed by atoms with Crippen LogP contribution in [0.15, 0.2) is 12.4 Å². The summed E-state index contributed by atoms with van der Waals surface area (Å²) >= 11 is 0. The lowest BCUT2D eigenvalue weighted by Gasteiger charge is -2.41. The fourth-order valence-electron chi connectivity index (χ4n) is 2.86. The first-order chi connectivity index (χ1) is 9.64. The van der Waals surface area contributed by atoms with Crippen molar-refractivity contribution >= 4 is 11.8 Å². The quantitative estimate of drug-likeness (QED) is 0.792. The molecule has 1 saturated heterocycles. The van der Waals surface area contributed by atoms with Crippen LogP contribution in [0.3, 0.4) is 0 Å². The van der Waals surface area contributed by atoms with Crippen LogP contribution in [0.5, 0.6) is 0 Å². The molecule has 20 heavy (non-hydrogen) atoms. The lowest BCUT2D eigenvalue weighted by atomic mass is 9.74. The Hall–Kier alpha value is -1.65. The van der Waals surface area contributed by atoms with Crippen molar-refractivity contribution in [2.45, 2.75) is 39.5 Å². The molecule has 0 aromatic carbocycles. The maximum Gasteiger partial charge on any atom is 0.358 e. The topological polar surface area (TPSA) is 55.3 Å². The number of anilines is 1. The molecule has 0 spiro atoms. The lowest BCUT2D eigenvalue weighted by Crippen LogP contribution is -2.40. The highest BCUT2D eigenvalue weighted by atomic mass is 16.5. The number of esters is 1. The Morgan fingerprint density at radius 1 is 1.25 bits per heavy atom. The molecule has 0 atom stereocenters. The number of hydrogen-bond donors (Lipinski definition) is 0. The standard InChI is InChI=1S/C15H23N3O2/c1-4-15(5-2)6-8-18(9-7-15)13-11-16-12(10-17-13)14(19)20-3/h10-11H,4-9H2,1-3H3. The van der Waals surface area contributed by atoms with Gasteiger partial charge in [-0.3, -0.25) is 0 Å². The molecule has 2 heterocycles. The van der Waals surface area contributed by atoms with E-state index in [0.717, 1.165) is 18.9 Å². The first-order valence-corrected chi connectivity index (χ1v) is 7.29. The lowest BCUT2D eigenvalue weighted by molar-refractivity contribution is 0.0593. The zero-order valence-electron chi connectivity index (χ0n) is 12.6. The van der Waals surface area contributed by atoms with Crippen LogP contribution < -0.4 is 4.90 Å². The van der Waals surface area contributed by atoms with E-state index in [9.17, 15) is 4.79 Å². The predicted octanol–water partition coefficient (Wildman–Crippen LogP) is 2.67. The Kier molecular flexibility index (Phi) is 4.57. The van der Waals surface area contributed by atoms with E-state index < -0.39 is 5.97 Å². The second-order valence-corrected chi connectivity index (χ2v) is 5.45. The molecule has 0 radical (unpaired) electrons. The molecule has 1 aliphatic rings. The summed E-state index contributed by atoms with van der Waals surface area (Å²) in [5, 5.41) is 0. The van der Waals surface area contributed by atoms with Crippen molar-refractivity contribution < 1.29 is 9.53 Å². The van der Waals surface area contributed by atoms with Gasteiger partial charge in [-0.15, -0.1) is 0 Å². The van der Waals surface area contributed by atoms with Gasteiger partial charge in [0, 0.05) is 13.1 Å². The van der Waals surface area contributed by atoms with Gasteiger partial charge in [0.2, 0.25) is 0 Å². The molecule has 5 heteroatoms. The minimum atomic E-state index is -0.446. The maximum absolute atomic E-state index is 11.3. The molecule has 1 aromatic rings. The molecule has 1 aliphatic heterocycles. The van der Waals surface area contributed by atoms with Crippen molar-refractivity contribution in [3.8, 4) is 0 Å². The average Bonchev–Trinajstić information content (AvgIpc) is 2.54. The smallest absolute Gasteiger partial charge is 0.358 e. The third-order valence-corrected chi connectivity index (χ3v) is 4.68. The molecule has 0 N–H and O–H groups in total. The van der Waals surface area contributed by atoms with E-state index in [-0.39, 0.29) is 5.69 Å². The van der Waals surface area contributed by atoms with E-state index in [1.54, 1.807) is 6.20 Å². The zero-order valence-corrected chi connectivity index (χ0v) is 12.6. The van der Waals surface area contributed by atoms with Crippen molar-refractivity contribution in [3.63, 3.8) is 0 Å². The normalized spacial score (nSPS) is 17.9. The zero-order chi connectivity index (χ0) is 14.6. The second kappa shape index (κ2) is 6.20. The van der Waals surface area contributed by atoms with Crippen LogP contribution in [0.4, 0.5) is 5.82 Å². The molecule has 2 rings (SSSR count). The van der Waals surface area contributed by atoms with Gasteiger partial charge in [0.05, 0.1) is 19.5 Å². The summed E-state index contributed by atoms with van der Waals surface area (Å²) in [6, 6.07) is 0. The maximum atomic E-state index is 11.3. The first-order valence-electron chi connectivity index (χ1n) is 7.29. The Labute approximate surface area is 120 Å². The summed E-state index contributed by atoms with van der Waals surface area (Å²) < 4.78 is 4.62. The van der Waals surface area contributed by atoms with Crippen molar-refractivity contribution in [3.05, 3.63) is 18.1 Å².